The number of aromatic nitrogens is 4. The van der Waals surface area contributed by atoms with Crippen molar-refractivity contribution in [2.75, 3.05) is 68.0 Å². The molecule has 5 N–H and O–H groups in total. The summed E-state index contributed by atoms with van der Waals surface area (Å²) >= 11 is 0. The number of terminal acetylenes is 1. The fraction of sp³-hybridized carbons (Fsp3) is 0.545. The van der Waals surface area contributed by atoms with E-state index in [0.29, 0.717) is 34.5 Å². The normalized spacial score (nSPS) is 25.8. The van der Waals surface area contributed by atoms with Crippen molar-refractivity contribution in [3.8, 4) is 35.1 Å². The Bertz CT molecular complexity index is 2680. The first-order chi connectivity index (χ1) is 34.7. The Morgan fingerprint density at radius 1 is 0.944 bits per heavy atom. The van der Waals surface area contributed by atoms with Crippen LogP contribution in [0, 0.1) is 29.1 Å². The van der Waals surface area contributed by atoms with Crippen molar-refractivity contribution in [3.05, 3.63) is 77.6 Å². The predicted octanol–water partition coefficient (Wildman–Crippen LogP) is 5.08. The molecule has 3 saturated heterocycles. The van der Waals surface area contributed by atoms with Crippen molar-refractivity contribution in [3.63, 3.8) is 0 Å². The molecule has 6 aliphatic rings. The van der Waals surface area contributed by atoms with Crippen LogP contribution in [-0.4, -0.2) is 141 Å². The number of anilines is 3. The Labute approximate surface area is 422 Å². The summed E-state index contributed by atoms with van der Waals surface area (Å²) < 4.78 is 5.48. The summed E-state index contributed by atoms with van der Waals surface area (Å²) in [6.07, 6.45) is 17.0. The average molecular weight is 980 g/mol. The molecule has 1 spiro atoms. The number of piperazine rings is 1. The number of hydrogen-bond donors (Lipinski definition) is 5. The second-order valence-electron chi connectivity index (χ2n) is 22.2. The summed E-state index contributed by atoms with van der Waals surface area (Å²) in [5.41, 5.74) is 4.55. The van der Waals surface area contributed by atoms with Gasteiger partial charge in [0.2, 0.25) is 23.7 Å². The number of phenols is 1. The SMILES string of the molecule is C#Cc1ccc(CNC(=O)[C@@H]2C[C@@H](O)CN2C(=O)[C@@H](NC(=O)[C@H]2CCC3(CC2)C[C@H](N2CCC(c4cnc(N5CCN6c7cc(-c8ccccc8O)nnc7NC[C@H]6C5)nc4)CC2)C3)C(C)(C)C)c(OC)c1. The van der Waals surface area contributed by atoms with Crippen molar-refractivity contribution in [2.45, 2.75) is 121 Å². The number of carbonyl (C=O) groups excluding carboxylic acids is 3. The first-order valence-corrected chi connectivity index (χ1v) is 25.9. The van der Waals surface area contributed by atoms with Crippen LogP contribution in [0.4, 0.5) is 17.5 Å². The quantitative estimate of drug-likeness (QED) is 0.125. The van der Waals surface area contributed by atoms with Gasteiger partial charge in [-0.1, -0.05) is 44.9 Å². The number of hydrogen-bond acceptors (Lipinski definition) is 14. The van der Waals surface area contributed by atoms with Crippen LogP contribution >= 0.6 is 0 Å². The molecule has 4 atom stereocenters. The third kappa shape index (κ3) is 10.00. The number of nitrogens with one attached hydrogen (secondary N) is 3. The van der Waals surface area contributed by atoms with E-state index in [1.165, 1.54) is 17.6 Å². The van der Waals surface area contributed by atoms with Crippen LogP contribution in [0.2, 0.25) is 0 Å². The molecule has 3 amide bonds. The molecule has 4 aliphatic heterocycles. The topological polar surface area (TPSA) is 202 Å². The minimum Gasteiger partial charge on any atom is -0.507 e. The zero-order valence-electron chi connectivity index (χ0n) is 42.0. The van der Waals surface area contributed by atoms with E-state index in [-0.39, 0.29) is 60.4 Å². The number of β-amino-alcohol motifs (C(OH)–C–C–N with tert-alkyl or cyclic N) is 1. The standard InChI is InChI=1S/C55H69N11O6/c1-6-34-11-12-37(47(23-34)72-5)28-57-51(70)45-24-41(67)33-66(45)52(71)48(54(2,3)4)60-50(69)36-13-17-55(18-14-36)26-39(27-55)63-19-15-35(16-20-63)38-29-58-53(59-30-38)64-21-22-65-40(32-64)31-56-49-44(65)25-43(61-62-49)42-9-7-8-10-46(42)68/h1,7-12,23,25,29-30,35-36,39-41,45,48,67-68H,13-22,24,26-28,31-33H2,2-5H3,(H,56,62)(H,57,70)(H,60,69)/t36-,39-,40-,41+,45-,48+,55?/m0/s1. The highest BCUT2D eigenvalue weighted by Gasteiger charge is 2.50. The number of phenolic OH excluding ortho intramolecular Hbond substituents is 1. The number of aromatic hydroxyl groups is 1. The Morgan fingerprint density at radius 2 is 1.69 bits per heavy atom. The van der Waals surface area contributed by atoms with Gasteiger partial charge in [-0.15, -0.1) is 16.6 Å². The van der Waals surface area contributed by atoms with Crippen LogP contribution in [0.3, 0.4) is 0 Å². The average Bonchev–Trinajstić information content (AvgIpc) is 3.79. The van der Waals surface area contributed by atoms with Crippen molar-refractivity contribution < 1.29 is 29.3 Å². The number of carbonyl (C=O) groups is 3. The Hall–Kier alpha value is -6.51. The van der Waals surface area contributed by atoms with Gasteiger partial charge in [0, 0.05) is 86.7 Å². The van der Waals surface area contributed by atoms with Gasteiger partial charge in [0.1, 0.15) is 23.6 Å². The highest BCUT2D eigenvalue weighted by molar-refractivity contribution is 5.93. The molecule has 10 rings (SSSR count). The molecule has 2 aliphatic carbocycles. The van der Waals surface area contributed by atoms with Gasteiger partial charge in [0.25, 0.3) is 0 Å². The van der Waals surface area contributed by atoms with E-state index in [1.807, 2.05) is 51.4 Å². The number of amides is 3. The van der Waals surface area contributed by atoms with Gasteiger partial charge < -0.3 is 50.5 Å². The number of piperidine rings is 1. The van der Waals surface area contributed by atoms with E-state index >= 15 is 0 Å². The molecule has 2 aromatic heterocycles. The summed E-state index contributed by atoms with van der Waals surface area (Å²) in [5.74, 6) is 4.26. The second kappa shape index (κ2) is 20.2. The zero-order valence-corrected chi connectivity index (χ0v) is 42.0. The number of rotatable bonds is 11. The number of aliphatic hydroxyl groups is 1. The molecular formula is C55H69N11O6. The first kappa shape index (κ1) is 49.1. The highest BCUT2D eigenvalue weighted by atomic mass is 16.5. The van der Waals surface area contributed by atoms with Gasteiger partial charge in [-0.2, -0.15) is 0 Å². The van der Waals surface area contributed by atoms with Gasteiger partial charge in [-0.05, 0) is 117 Å². The largest absolute Gasteiger partial charge is 0.507 e. The summed E-state index contributed by atoms with van der Waals surface area (Å²) in [6, 6.07) is 13.6. The second-order valence-corrected chi connectivity index (χ2v) is 22.2. The van der Waals surface area contributed by atoms with Gasteiger partial charge in [0.15, 0.2) is 5.82 Å². The first-order valence-electron chi connectivity index (χ1n) is 25.9. The minimum absolute atomic E-state index is 0.0172. The smallest absolute Gasteiger partial charge is 0.246 e. The molecule has 17 nitrogen and oxygen atoms in total. The number of ether oxygens (including phenoxy) is 1. The lowest BCUT2D eigenvalue weighted by Gasteiger charge is -2.55. The fourth-order valence-electron chi connectivity index (χ4n) is 12.4. The number of aliphatic hydroxyl groups excluding tert-OH is 1. The Morgan fingerprint density at radius 3 is 2.40 bits per heavy atom. The molecule has 0 unspecified atom stereocenters. The molecule has 0 radical (unpaired) electrons. The van der Waals surface area contributed by atoms with Gasteiger partial charge >= 0.3 is 0 Å². The van der Waals surface area contributed by atoms with Crippen LogP contribution in [0.15, 0.2) is 60.9 Å². The lowest BCUT2D eigenvalue weighted by molar-refractivity contribution is -0.145. The maximum Gasteiger partial charge on any atom is 0.246 e. The third-order valence-corrected chi connectivity index (χ3v) is 16.6. The van der Waals surface area contributed by atoms with Crippen LogP contribution < -0.4 is 30.5 Å². The van der Waals surface area contributed by atoms with Crippen LogP contribution in [0.1, 0.15) is 101 Å². The monoisotopic (exact) mass is 980 g/mol. The van der Waals surface area contributed by atoms with E-state index in [9.17, 15) is 24.6 Å². The molecule has 2 saturated carbocycles. The highest BCUT2D eigenvalue weighted by Crippen LogP contribution is 2.55. The van der Waals surface area contributed by atoms with E-state index in [4.69, 9.17) is 21.1 Å². The number of fused-ring (bicyclic) bond motifs is 3. The maximum atomic E-state index is 14.3. The van der Waals surface area contributed by atoms with E-state index in [2.05, 4.69) is 46.8 Å². The summed E-state index contributed by atoms with van der Waals surface area (Å²) in [6.45, 7) is 11.2. The van der Waals surface area contributed by atoms with Crippen molar-refractivity contribution in [1.82, 2.24) is 40.6 Å². The van der Waals surface area contributed by atoms with Crippen molar-refractivity contribution >= 4 is 35.2 Å². The summed E-state index contributed by atoms with van der Waals surface area (Å²) in [7, 11) is 1.54. The Balaban J connectivity index is 0.669. The minimum atomic E-state index is -0.878. The van der Waals surface area contributed by atoms with Gasteiger partial charge in [-0.3, -0.25) is 14.4 Å². The molecule has 2 aromatic carbocycles. The lowest BCUT2D eigenvalue weighted by atomic mass is 9.56. The van der Waals surface area contributed by atoms with Crippen LogP contribution in [-0.2, 0) is 20.9 Å². The predicted molar refractivity (Wildman–Crippen MR) is 274 cm³/mol. The van der Waals surface area contributed by atoms with E-state index < -0.39 is 23.6 Å². The number of methoxy groups -OCH3 is 1. The molecule has 380 valence electrons. The third-order valence-electron chi connectivity index (χ3n) is 16.6. The molecular weight excluding hydrogens is 911 g/mol. The molecule has 6 heterocycles. The zero-order chi connectivity index (χ0) is 50.3. The Kier molecular flexibility index (Phi) is 13.8. The molecule has 5 fully saturated rings. The van der Waals surface area contributed by atoms with E-state index in [0.717, 1.165) is 114 Å². The molecule has 0 bridgehead atoms. The molecule has 17 heteroatoms. The van der Waals surface area contributed by atoms with Gasteiger partial charge in [-0.25, -0.2) is 9.97 Å². The summed E-state index contributed by atoms with van der Waals surface area (Å²) in [5, 5.41) is 39.5. The number of benzene rings is 2. The number of para-hydroxylation sites is 1. The van der Waals surface area contributed by atoms with Gasteiger partial charge in [0.05, 0.1) is 30.6 Å². The summed E-state index contributed by atoms with van der Waals surface area (Å²) in [4.78, 5) is 60.5. The number of likely N-dealkylation sites (tertiary alicyclic amines) is 2. The lowest BCUT2D eigenvalue weighted by Crippen LogP contribution is -2.59. The van der Waals surface area contributed by atoms with Crippen LogP contribution in [0.25, 0.3) is 11.3 Å². The molecule has 72 heavy (non-hydrogen) atoms. The maximum absolute atomic E-state index is 14.3. The van der Waals surface area contributed by atoms with Crippen LogP contribution in [0.5, 0.6) is 11.5 Å². The fourth-order valence-corrected chi connectivity index (χ4v) is 12.4. The van der Waals surface area contributed by atoms with E-state index in [1.54, 1.807) is 30.3 Å². The van der Waals surface area contributed by atoms with Crippen molar-refractivity contribution in [1.29, 1.82) is 0 Å². The van der Waals surface area contributed by atoms with Crippen molar-refractivity contribution in [2.24, 2.45) is 16.7 Å². The molecule has 4 aromatic rings. The number of nitrogens with zero attached hydrogens (tertiary/aromatic N) is 8.